The molecule has 0 amide bonds. The van der Waals surface area contributed by atoms with E-state index < -0.39 is 0 Å². The van der Waals surface area contributed by atoms with Crippen LogP contribution in [0.15, 0.2) is 47.6 Å². The molecule has 0 aliphatic rings. The van der Waals surface area contributed by atoms with Crippen LogP contribution in [0.5, 0.6) is 5.75 Å². The molecule has 0 saturated carbocycles. The molecule has 0 heterocycles. The van der Waals surface area contributed by atoms with Crippen molar-refractivity contribution in [2.45, 2.75) is 13.5 Å². The molecule has 0 radical (unpaired) electrons. The van der Waals surface area contributed by atoms with E-state index in [9.17, 15) is 0 Å². The number of nitrogens with zero attached hydrogens (tertiary/aromatic N) is 1. The molecule has 0 bridgehead atoms. The fourth-order valence-corrected chi connectivity index (χ4v) is 2.00. The minimum absolute atomic E-state index is 0.0551. The summed E-state index contributed by atoms with van der Waals surface area (Å²) >= 11 is 6.08. The smallest absolute Gasteiger partial charge is 0.170 e. The van der Waals surface area contributed by atoms with Crippen LogP contribution in [-0.4, -0.2) is 11.0 Å². The Morgan fingerprint density at radius 1 is 1.30 bits per heavy atom. The Hall–Kier alpha value is -2.20. The Kier molecular flexibility index (Phi) is 4.48. The summed E-state index contributed by atoms with van der Waals surface area (Å²) in [5, 5.41) is 12.4. The highest BCUT2D eigenvalue weighted by Gasteiger charge is 2.08. The first-order chi connectivity index (χ1) is 9.61. The average molecular weight is 291 g/mol. The SMILES string of the molecule is Cc1ccc(Cl)c(OCc2ccccc2/C(N)=N/O)c1. The first kappa shape index (κ1) is 14.2. The van der Waals surface area contributed by atoms with Crippen molar-refractivity contribution in [3.63, 3.8) is 0 Å². The maximum atomic E-state index is 8.78. The molecule has 0 aliphatic carbocycles. The average Bonchev–Trinajstić information content (AvgIpc) is 2.47. The zero-order chi connectivity index (χ0) is 14.5. The summed E-state index contributed by atoms with van der Waals surface area (Å²) in [4.78, 5) is 0. The molecule has 0 unspecified atom stereocenters. The third kappa shape index (κ3) is 3.22. The van der Waals surface area contributed by atoms with E-state index in [2.05, 4.69) is 5.16 Å². The molecule has 2 aromatic rings. The minimum atomic E-state index is 0.0551. The Morgan fingerprint density at radius 2 is 2.05 bits per heavy atom. The van der Waals surface area contributed by atoms with Gasteiger partial charge in [0.05, 0.1) is 5.02 Å². The lowest BCUT2D eigenvalue weighted by Crippen LogP contribution is -2.16. The van der Waals surface area contributed by atoms with Crippen molar-refractivity contribution in [2.75, 3.05) is 0 Å². The normalized spacial score (nSPS) is 11.4. The quantitative estimate of drug-likeness (QED) is 0.393. The van der Waals surface area contributed by atoms with Crippen LogP contribution in [0.3, 0.4) is 0 Å². The molecule has 0 fully saturated rings. The van der Waals surface area contributed by atoms with Crippen molar-refractivity contribution in [3.05, 3.63) is 64.2 Å². The van der Waals surface area contributed by atoms with Crippen molar-refractivity contribution >= 4 is 17.4 Å². The molecule has 2 rings (SSSR count). The highest BCUT2D eigenvalue weighted by molar-refractivity contribution is 6.32. The number of oxime groups is 1. The van der Waals surface area contributed by atoms with Gasteiger partial charge in [0.1, 0.15) is 12.4 Å². The summed E-state index contributed by atoms with van der Waals surface area (Å²) in [5.74, 6) is 0.667. The van der Waals surface area contributed by atoms with Crippen LogP contribution in [0, 0.1) is 6.92 Å². The fourth-order valence-electron chi connectivity index (χ4n) is 1.83. The highest BCUT2D eigenvalue weighted by Crippen LogP contribution is 2.26. The van der Waals surface area contributed by atoms with Crippen molar-refractivity contribution in [3.8, 4) is 5.75 Å². The third-order valence-corrected chi connectivity index (χ3v) is 3.18. The highest BCUT2D eigenvalue weighted by atomic mass is 35.5. The standard InChI is InChI=1S/C15H15ClN2O2/c1-10-6-7-13(16)14(8-10)20-9-11-4-2-3-5-12(11)15(17)18-19/h2-8,19H,9H2,1H3,(H2,17,18). The van der Waals surface area contributed by atoms with Crippen LogP contribution in [0.25, 0.3) is 0 Å². The van der Waals surface area contributed by atoms with Gasteiger partial charge in [-0.15, -0.1) is 0 Å². The van der Waals surface area contributed by atoms with E-state index in [1.54, 1.807) is 12.1 Å². The lowest BCUT2D eigenvalue weighted by molar-refractivity contribution is 0.305. The zero-order valence-corrected chi connectivity index (χ0v) is 11.8. The van der Waals surface area contributed by atoms with Crippen LogP contribution in [0.1, 0.15) is 16.7 Å². The van der Waals surface area contributed by atoms with Gasteiger partial charge in [0.2, 0.25) is 0 Å². The Bertz CT molecular complexity index is 642. The zero-order valence-electron chi connectivity index (χ0n) is 11.0. The fraction of sp³-hybridized carbons (Fsp3) is 0.133. The Morgan fingerprint density at radius 3 is 2.80 bits per heavy atom. The van der Waals surface area contributed by atoms with E-state index in [1.165, 1.54) is 0 Å². The van der Waals surface area contributed by atoms with Gasteiger partial charge in [-0.1, -0.05) is 47.1 Å². The number of aryl methyl sites for hydroxylation is 1. The van der Waals surface area contributed by atoms with Gasteiger partial charge in [-0.25, -0.2) is 0 Å². The van der Waals surface area contributed by atoms with Gasteiger partial charge in [0.15, 0.2) is 5.84 Å². The first-order valence-electron chi connectivity index (χ1n) is 6.06. The van der Waals surface area contributed by atoms with Crippen molar-refractivity contribution < 1.29 is 9.94 Å². The molecule has 2 aromatic carbocycles. The number of halogens is 1. The van der Waals surface area contributed by atoms with Crippen LogP contribution >= 0.6 is 11.6 Å². The van der Waals surface area contributed by atoms with Gasteiger partial charge in [0.25, 0.3) is 0 Å². The second-order valence-corrected chi connectivity index (χ2v) is 4.77. The monoisotopic (exact) mass is 290 g/mol. The number of nitrogens with two attached hydrogens (primary N) is 1. The van der Waals surface area contributed by atoms with Crippen molar-refractivity contribution in [1.82, 2.24) is 0 Å². The summed E-state index contributed by atoms with van der Waals surface area (Å²) in [5.41, 5.74) is 8.16. The molecular formula is C15H15ClN2O2. The second kappa shape index (κ2) is 6.30. The van der Waals surface area contributed by atoms with E-state index in [0.29, 0.717) is 16.3 Å². The van der Waals surface area contributed by atoms with Crippen LogP contribution in [-0.2, 0) is 6.61 Å². The summed E-state index contributed by atoms with van der Waals surface area (Å²) in [7, 11) is 0. The Labute approximate surface area is 122 Å². The van der Waals surface area contributed by atoms with E-state index in [-0.39, 0.29) is 12.4 Å². The third-order valence-electron chi connectivity index (χ3n) is 2.87. The Balaban J connectivity index is 2.21. The summed E-state index contributed by atoms with van der Waals surface area (Å²) in [6.07, 6.45) is 0. The maximum Gasteiger partial charge on any atom is 0.170 e. The molecule has 20 heavy (non-hydrogen) atoms. The number of hydrogen-bond donors (Lipinski definition) is 2. The first-order valence-corrected chi connectivity index (χ1v) is 6.44. The molecule has 0 aromatic heterocycles. The summed E-state index contributed by atoms with van der Waals surface area (Å²) in [6, 6.07) is 12.9. The maximum absolute atomic E-state index is 8.78. The lowest BCUT2D eigenvalue weighted by atomic mass is 10.1. The number of benzene rings is 2. The minimum Gasteiger partial charge on any atom is -0.487 e. The predicted molar refractivity (Wildman–Crippen MR) is 79.5 cm³/mol. The number of rotatable bonds is 4. The molecule has 4 nitrogen and oxygen atoms in total. The van der Waals surface area contributed by atoms with Crippen molar-refractivity contribution in [2.24, 2.45) is 10.9 Å². The van der Waals surface area contributed by atoms with Gasteiger partial charge >= 0.3 is 0 Å². The molecule has 0 saturated heterocycles. The molecule has 3 N–H and O–H groups in total. The molecular weight excluding hydrogens is 276 g/mol. The van der Waals surface area contributed by atoms with E-state index in [1.807, 2.05) is 37.3 Å². The molecule has 0 spiro atoms. The van der Waals surface area contributed by atoms with Crippen LogP contribution < -0.4 is 10.5 Å². The van der Waals surface area contributed by atoms with Gasteiger partial charge in [-0.2, -0.15) is 0 Å². The van der Waals surface area contributed by atoms with Gasteiger partial charge in [0, 0.05) is 11.1 Å². The van der Waals surface area contributed by atoms with Crippen molar-refractivity contribution in [1.29, 1.82) is 0 Å². The number of hydrogen-bond acceptors (Lipinski definition) is 3. The molecule has 0 atom stereocenters. The van der Waals surface area contributed by atoms with Gasteiger partial charge in [-0.05, 0) is 24.6 Å². The predicted octanol–water partition coefficient (Wildman–Crippen LogP) is 3.32. The van der Waals surface area contributed by atoms with E-state index in [0.717, 1.165) is 11.1 Å². The van der Waals surface area contributed by atoms with Crippen LogP contribution in [0.2, 0.25) is 5.02 Å². The number of ether oxygens (including phenoxy) is 1. The molecule has 5 heteroatoms. The van der Waals surface area contributed by atoms with E-state index in [4.69, 9.17) is 27.3 Å². The largest absolute Gasteiger partial charge is 0.487 e. The number of amidine groups is 1. The second-order valence-electron chi connectivity index (χ2n) is 4.36. The van der Waals surface area contributed by atoms with E-state index >= 15 is 0 Å². The summed E-state index contributed by atoms with van der Waals surface area (Å²) in [6.45, 7) is 2.25. The lowest BCUT2D eigenvalue weighted by Gasteiger charge is -2.11. The van der Waals surface area contributed by atoms with Gasteiger partial charge in [-0.3, -0.25) is 0 Å². The van der Waals surface area contributed by atoms with Crippen LogP contribution in [0.4, 0.5) is 0 Å². The topological polar surface area (TPSA) is 67.8 Å². The molecule has 0 aliphatic heterocycles. The van der Waals surface area contributed by atoms with Gasteiger partial charge < -0.3 is 15.7 Å². The summed E-state index contributed by atoms with van der Waals surface area (Å²) < 4.78 is 5.71. The molecule has 104 valence electrons.